The van der Waals surface area contributed by atoms with Gasteiger partial charge in [-0.3, -0.25) is 9.59 Å². The number of carbonyl (C=O) groups excluding carboxylic acids is 2. The maximum atomic E-state index is 12.7. The van der Waals surface area contributed by atoms with E-state index in [0.29, 0.717) is 5.69 Å². The number of amides is 2. The number of ether oxygens (including phenoxy) is 1. The van der Waals surface area contributed by atoms with E-state index in [1.807, 2.05) is 56.3 Å². The number of imide groups is 1. The summed E-state index contributed by atoms with van der Waals surface area (Å²) >= 11 is 0. The molecule has 0 radical (unpaired) electrons. The molecule has 2 amide bonds. The zero-order valence-electron chi connectivity index (χ0n) is 14.0. The van der Waals surface area contributed by atoms with Crippen LogP contribution >= 0.6 is 0 Å². The molecule has 0 unspecified atom stereocenters. The highest BCUT2D eigenvalue weighted by molar-refractivity contribution is 6.23. The van der Waals surface area contributed by atoms with Gasteiger partial charge < -0.3 is 10.1 Å². The number of hydrogen-bond donors (Lipinski definition) is 1. The van der Waals surface area contributed by atoms with Gasteiger partial charge in [-0.25, -0.2) is 4.90 Å². The van der Waals surface area contributed by atoms with E-state index in [2.05, 4.69) is 5.32 Å². The van der Waals surface area contributed by atoms with Gasteiger partial charge >= 0.3 is 0 Å². The SMILES string of the molecule is COc1ccc(N[C@@H]2CC(=O)N(c3cc(C)ccc3C)C2=O)cc1. The summed E-state index contributed by atoms with van der Waals surface area (Å²) in [6, 6.07) is 12.5. The number of carbonyl (C=O) groups is 2. The van der Waals surface area contributed by atoms with Crippen molar-refractivity contribution in [1.82, 2.24) is 0 Å². The van der Waals surface area contributed by atoms with Gasteiger partial charge in [0.25, 0.3) is 5.91 Å². The Morgan fingerprint density at radius 3 is 2.46 bits per heavy atom. The highest BCUT2D eigenvalue weighted by Crippen LogP contribution is 2.28. The molecule has 2 aromatic rings. The lowest BCUT2D eigenvalue weighted by Gasteiger charge is -2.18. The van der Waals surface area contributed by atoms with Crippen LogP contribution in [0.1, 0.15) is 17.5 Å². The maximum Gasteiger partial charge on any atom is 0.256 e. The molecule has 124 valence electrons. The first-order valence-corrected chi connectivity index (χ1v) is 7.84. The van der Waals surface area contributed by atoms with Crippen LogP contribution in [0.4, 0.5) is 11.4 Å². The van der Waals surface area contributed by atoms with Crippen molar-refractivity contribution in [2.24, 2.45) is 0 Å². The van der Waals surface area contributed by atoms with Crippen molar-refractivity contribution < 1.29 is 14.3 Å². The van der Waals surface area contributed by atoms with E-state index in [1.165, 1.54) is 4.90 Å². The van der Waals surface area contributed by atoms with E-state index in [-0.39, 0.29) is 18.2 Å². The van der Waals surface area contributed by atoms with Crippen LogP contribution in [0.25, 0.3) is 0 Å². The molecule has 5 nitrogen and oxygen atoms in total. The Labute approximate surface area is 141 Å². The van der Waals surface area contributed by atoms with Crippen LogP contribution in [0.2, 0.25) is 0 Å². The number of benzene rings is 2. The van der Waals surface area contributed by atoms with E-state index in [0.717, 1.165) is 22.6 Å². The fraction of sp³-hybridized carbons (Fsp3) is 0.263. The lowest BCUT2D eigenvalue weighted by atomic mass is 10.1. The Morgan fingerprint density at radius 2 is 1.79 bits per heavy atom. The van der Waals surface area contributed by atoms with Crippen LogP contribution in [0, 0.1) is 13.8 Å². The Morgan fingerprint density at radius 1 is 1.08 bits per heavy atom. The summed E-state index contributed by atoms with van der Waals surface area (Å²) in [5.74, 6) is 0.343. The Kier molecular flexibility index (Phi) is 4.25. The molecular formula is C19H20N2O3. The third-order valence-electron chi connectivity index (χ3n) is 4.18. The van der Waals surface area contributed by atoms with Gasteiger partial charge in [-0.15, -0.1) is 0 Å². The number of anilines is 2. The van der Waals surface area contributed by atoms with Gasteiger partial charge in [0.15, 0.2) is 0 Å². The number of methoxy groups -OCH3 is 1. The third-order valence-corrected chi connectivity index (χ3v) is 4.18. The fourth-order valence-corrected chi connectivity index (χ4v) is 2.85. The van der Waals surface area contributed by atoms with Crippen LogP contribution in [0.5, 0.6) is 5.75 Å². The molecule has 0 aliphatic carbocycles. The fourth-order valence-electron chi connectivity index (χ4n) is 2.85. The quantitative estimate of drug-likeness (QED) is 0.878. The van der Waals surface area contributed by atoms with E-state index >= 15 is 0 Å². The zero-order valence-corrected chi connectivity index (χ0v) is 14.0. The summed E-state index contributed by atoms with van der Waals surface area (Å²) in [5.41, 5.74) is 3.38. The second-order valence-corrected chi connectivity index (χ2v) is 5.99. The summed E-state index contributed by atoms with van der Waals surface area (Å²) in [4.78, 5) is 26.4. The van der Waals surface area contributed by atoms with Gasteiger partial charge in [0.1, 0.15) is 11.8 Å². The van der Waals surface area contributed by atoms with Crippen LogP contribution in [-0.2, 0) is 9.59 Å². The average Bonchev–Trinajstić information content (AvgIpc) is 2.84. The summed E-state index contributed by atoms with van der Waals surface area (Å²) in [5, 5.41) is 3.14. The monoisotopic (exact) mass is 324 g/mol. The van der Waals surface area contributed by atoms with Crippen LogP contribution in [0.15, 0.2) is 42.5 Å². The Hall–Kier alpha value is -2.82. The van der Waals surface area contributed by atoms with Crippen LogP contribution < -0.4 is 15.0 Å². The first kappa shape index (κ1) is 16.1. The van der Waals surface area contributed by atoms with Gasteiger partial charge in [-0.1, -0.05) is 12.1 Å². The molecule has 3 rings (SSSR count). The third kappa shape index (κ3) is 2.97. The molecule has 1 aliphatic rings. The Balaban J connectivity index is 1.82. The van der Waals surface area contributed by atoms with Crippen molar-refractivity contribution in [2.75, 3.05) is 17.3 Å². The lowest BCUT2D eigenvalue weighted by Crippen LogP contribution is -2.35. The topological polar surface area (TPSA) is 58.6 Å². The van der Waals surface area contributed by atoms with Gasteiger partial charge in [0.2, 0.25) is 5.91 Å². The van der Waals surface area contributed by atoms with Crippen molar-refractivity contribution >= 4 is 23.2 Å². The number of hydrogen-bond acceptors (Lipinski definition) is 4. The molecule has 1 saturated heterocycles. The minimum absolute atomic E-state index is 0.151. The Bertz CT molecular complexity index is 784. The molecule has 1 atom stereocenters. The second-order valence-electron chi connectivity index (χ2n) is 5.99. The van der Waals surface area contributed by atoms with Crippen molar-refractivity contribution in [1.29, 1.82) is 0 Å². The minimum Gasteiger partial charge on any atom is -0.497 e. The van der Waals surface area contributed by atoms with E-state index < -0.39 is 6.04 Å². The predicted molar refractivity (Wildman–Crippen MR) is 93.4 cm³/mol. The molecular weight excluding hydrogens is 304 g/mol. The molecule has 0 bridgehead atoms. The standard InChI is InChI=1S/C19H20N2O3/c1-12-4-5-13(2)17(10-12)21-18(22)11-16(19(21)23)20-14-6-8-15(24-3)9-7-14/h4-10,16,20H,11H2,1-3H3/t16-/m1/s1. The minimum atomic E-state index is -0.550. The molecule has 0 saturated carbocycles. The van der Waals surface area contributed by atoms with Crippen molar-refractivity contribution in [2.45, 2.75) is 26.3 Å². The molecule has 1 heterocycles. The van der Waals surface area contributed by atoms with Gasteiger partial charge in [-0.05, 0) is 55.3 Å². The first-order chi connectivity index (χ1) is 11.5. The van der Waals surface area contributed by atoms with Gasteiger partial charge in [-0.2, -0.15) is 0 Å². The van der Waals surface area contributed by atoms with Crippen LogP contribution in [0.3, 0.4) is 0 Å². The highest BCUT2D eigenvalue weighted by atomic mass is 16.5. The first-order valence-electron chi connectivity index (χ1n) is 7.84. The summed E-state index contributed by atoms with van der Waals surface area (Å²) in [7, 11) is 1.60. The highest BCUT2D eigenvalue weighted by Gasteiger charge is 2.40. The normalized spacial score (nSPS) is 17.3. The van der Waals surface area contributed by atoms with Crippen molar-refractivity contribution in [3.05, 3.63) is 53.6 Å². The van der Waals surface area contributed by atoms with Crippen molar-refractivity contribution in [3.63, 3.8) is 0 Å². The molecule has 2 aromatic carbocycles. The van der Waals surface area contributed by atoms with Gasteiger partial charge in [0, 0.05) is 5.69 Å². The molecule has 5 heteroatoms. The summed E-state index contributed by atoms with van der Waals surface area (Å²) < 4.78 is 5.12. The molecule has 1 fully saturated rings. The molecule has 24 heavy (non-hydrogen) atoms. The average molecular weight is 324 g/mol. The number of nitrogens with zero attached hydrogens (tertiary/aromatic N) is 1. The molecule has 1 N–H and O–H groups in total. The molecule has 1 aliphatic heterocycles. The number of rotatable bonds is 4. The number of nitrogens with one attached hydrogen (secondary N) is 1. The summed E-state index contributed by atoms with van der Waals surface area (Å²) in [6.07, 6.45) is 0.151. The van der Waals surface area contributed by atoms with E-state index in [4.69, 9.17) is 4.74 Å². The summed E-state index contributed by atoms with van der Waals surface area (Å²) in [6.45, 7) is 3.85. The van der Waals surface area contributed by atoms with E-state index in [1.54, 1.807) is 7.11 Å². The molecule has 0 aromatic heterocycles. The van der Waals surface area contributed by atoms with Gasteiger partial charge in [0.05, 0.1) is 19.2 Å². The van der Waals surface area contributed by atoms with Crippen LogP contribution in [-0.4, -0.2) is 25.0 Å². The molecule has 0 spiro atoms. The predicted octanol–water partition coefficient (Wildman–Crippen LogP) is 3.06. The largest absolute Gasteiger partial charge is 0.497 e. The zero-order chi connectivity index (χ0) is 17.3. The maximum absolute atomic E-state index is 12.7. The van der Waals surface area contributed by atoms with Crippen molar-refractivity contribution in [3.8, 4) is 5.75 Å². The second kappa shape index (κ2) is 6.35. The smallest absolute Gasteiger partial charge is 0.256 e. The lowest BCUT2D eigenvalue weighted by molar-refractivity contribution is -0.121. The number of aryl methyl sites for hydroxylation is 2. The van der Waals surface area contributed by atoms with E-state index in [9.17, 15) is 9.59 Å².